The second-order valence-electron chi connectivity index (χ2n) is 3.86. The Morgan fingerprint density at radius 1 is 1.32 bits per heavy atom. The fourth-order valence-corrected chi connectivity index (χ4v) is 1.64. The van der Waals surface area contributed by atoms with E-state index in [0.717, 1.165) is 0 Å². The summed E-state index contributed by atoms with van der Waals surface area (Å²) in [7, 11) is -4.03. The van der Waals surface area contributed by atoms with Gasteiger partial charge in [-0.3, -0.25) is 14.3 Å². The minimum atomic E-state index is -4.03. The molecule has 0 saturated heterocycles. The first-order valence-electron chi connectivity index (χ1n) is 5.65. The Morgan fingerprint density at radius 3 is 2.47 bits per heavy atom. The molecule has 112 valence electrons. The molecule has 0 bridgehead atoms. The predicted molar refractivity (Wildman–Crippen MR) is 69.9 cm³/mol. The number of hydrogen-bond donors (Lipinski definition) is 4. The lowest BCUT2D eigenvalue weighted by atomic mass is 10.2. The monoisotopic (exact) mass is 296 g/mol. The van der Waals surface area contributed by atoms with E-state index < -0.39 is 27.9 Å². The van der Waals surface area contributed by atoms with Gasteiger partial charge in [0.25, 0.3) is 10.1 Å². The van der Waals surface area contributed by atoms with Gasteiger partial charge in [-0.05, 0) is 19.3 Å². The molecule has 0 fully saturated rings. The molecule has 0 amide bonds. The van der Waals surface area contributed by atoms with Crippen LogP contribution in [-0.4, -0.2) is 49.8 Å². The van der Waals surface area contributed by atoms with Gasteiger partial charge >= 0.3 is 5.97 Å². The van der Waals surface area contributed by atoms with Crippen LogP contribution in [0.15, 0.2) is 4.99 Å². The molecule has 0 aliphatic carbocycles. The van der Waals surface area contributed by atoms with Crippen LogP contribution in [0, 0.1) is 0 Å². The van der Waals surface area contributed by atoms with E-state index in [1.807, 2.05) is 0 Å². The Balaban J connectivity index is 3.73. The Kier molecular flexibility index (Phi) is 8.03. The molecule has 0 saturated carbocycles. The topological polar surface area (TPSA) is 171 Å². The number of nitrogens with two attached hydrogens (primary N) is 3. The molecule has 0 aliphatic heterocycles. The van der Waals surface area contributed by atoms with Gasteiger partial charge in [0.2, 0.25) is 0 Å². The Bertz CT molecular complexity index is 405. The van der Waals surface area contributed by atoms with Crippen molar-refractivity contribution < 1.29 is 22.5 Å². The maximum atomic E-state index is 11.4. The molecule has 0 aromatic heterocycles. The van der Waals surface area contributed by atoms with E-state index in [0.29, 0.717) is 19.4 Å². The van der Waals surface area contributed by atoms with Crippen LogP contribution in [0.3, 0.4) is 0 Å². The van der Waals surface area contributed by atoms with Gasteiger partial charge in [0.05, 0.1) is 12.4 Å². The molecule has 0 spiro atoms. The smallest absolute Gasteiger partial charge is 0.322 e. The zero-order valence-electron chi connectivity index (χ0n) is 10.5. The number of guanidine groups is 1. The number of hydrogen-bond acceptors (Lipinski definition) is 6. The van der Waals surface area contributed by atoms with Gasteiger partial charge < -0.3 is 21.9 Å². The molecule has 19 heavy (non-hydrogen) atoms. The average molecular weight is 296 g/mol. The fourth-order valence-electron chi connectivity index (χ4n) is 1.16. The predicted octanol–water partition coefficient (Wildman–Crippen LogP) is -1.81. The lowest BCUT2D eigenvalue weighted by Crippen LogP contribution is -2.33. The highest BCUT2D eigenvalue weighted by atomic mass is 32.2. The van der Waals surface area contributed by atoms with Crippen molar-refractivity contribution in [3.05, 3.63) is 0 Å². The summed E-state index contributed by atoms with van der Waals surface area (Å²) in [4.78, 5) is 15.1. The normalized spacial score (nSPS) is 12.7. The zero-order valence-corrected chi connectivity index (χ0v) is 11.3. The minimum absolute atomic E-state index is 0.0191. The first-order chi connectivity index (χ1) is 8.72. The highest BCUT2D eigenvalue weighted by Gasteiger charge is 2.14. The summed E-state index contributed by atoms with van der Waals surface area (Å²) in [5, 5.41) is 0. The van der Waals surface area contributed by atoms with Crippen LogP contribution < -0.4 is 17.2 Å². The van der Waals surface area contributed by atoms with E-state index in [2.05, 4.69) is 4.99 Å². The van der Waals surface area contributed by atoms with Gasteiger partial charge in [-0.2, -0.15) is 8.42 Å². The quantitative estimate of drug-likeness (QED) is 0.127. The summed E-state index contributed by atoms with van der Waals surface area (Å²) in [6, 6.07) is -0.806. The summed E-state index contributed by atoms with van der Waals surface area (Å²) in [5.41, 5.74) is 15.8. The minimum Gasteiger partial charge on any atom is -0.464 e. The lowest BCUT2D eigenvalue weighted by Gasteiger charge is -2.10. The van der Waals surface area contributed by atoms with Crippen molar-refractivity contribution in [1.29, 1.82) is 0 Å². The molecule has 0 radical (unpaired) electrons. The Hall–Kier alpha value is -1.39. The van der Waals surface area contributed by atoms with Gasteiger partial charge in [-0.15, -0.1) is 0 Å². The fraction of sp³-hybridized carbons (Fsp3) is 0.778. The second kappa shape index (κ2) is 8.67. The van der Waals surface area contributed by atoms with Gasteiger partial charge in [0.15, 0.2) is 5.96 Å². The summed E-state index contributed by atoms with van der Waals surface area (Å²) >= 11 is 0. The maximum absolute atomic E-state index is 11.4. The van der Waals surface area contributed by atoms with Crippen LogP contribution >= 0.6 is 0 Å². The average Bonchev–Trinajstić information content (AvgIpc) is 2.28. The summed E-state index contributed by atoms with van der Waals surface area (Å²) in [6.45, 7) is 0.256. The van der Waals surface area contributed by atoms with Gasteiger partial charge in [-0.1, -0.05) is 0 Å². The van der Waals surface area contributed by atoms with E-state index in [9.17, 15) is 13.2 Å². The molecular formula is C9H20N4O5S. The maximum Gasteiger partial charge on any atom is 0.322 e. The number of nitrogens with zero attached hydrogens (tertiary/aromatic N) is 1. The molecule has 0 unspecified atom stereocenters. The van der Waals surface area contributed by atoms with Gasteiger partial charge in [-0.25, -0.2) is 0 Å². The first-order valence-corrected chi connectivity index (χ1v) is 7.26. The number of carbonyl (C=O) groups excluding carboxylic acids is 1. The third-order valence-corrected chi connectivity index (χ3v) is 2.87. The zero-order chi connectivity index (χ0) is 14.9. The Labute approximate surface area is 111 Å². The van der Waals surface area contributed by atoms with Gasteiger partial charge in [0.1, 0.15) is 6.04 Å². The van der Waals surface area contributed by atoms with Crippen molar-refractivity contribution in [2.24, 2.45) is 22.2 Å². The molecule has 7 N–H and O–H groups in total. The van der Waals surface area contributed by atoms with Crippen molar-refractivity contribution in [2.45, 2.75) is 25.3 Å². The summed E-state index contributed by atoms with van der Waals surface area (Å²) in [5.74, 6) is -1.11. The summed E-state index contributed by atoms with van der Waals surface area (Å²) < 4.78 is 34.0. The molecule has 0 aromatic rings. The van der Waals surface area contributed by atoms with Crippen LogP contribution in [-0.2, 0) is 19.6 Å². The van der Waals surface area contributed by atoms with Crippen LogP contribution in [0.5, 0.6) is 0 Å². The van der Waals surface area contributed by atoms with E-state index in [-0.39, 0.29) is 19.0 Å². The van der Waals surface area contributed by atoms with Crippen LogP contribution in [0.25, 0.3) is 0 Å². The standard InChI is InChI=1S/C9H20N4O5S/c10-7(3-1-4-13-9(11)12)8(14)18-5-2-6-19(15,16)17/h7H,1-6,10H2,(H4,11,12,13)(H,15,16,17)/t7-/m0/s1. The molecular weight excluding hydrogens is 276 g/mol. The van der Waals surface area contributed by atoms with E-state index in [4.69, 9.17) is 26.5 Å². The second-order valence-corrected chi connectivity index (χ2v) is 5.43. The molecule has 0 heterocycles. The third kappa shape index (κ3) is 11.4. The highest BCUT2D eigenvalue weighted by Crippen LogP contribution is 1.99. The van der Waals surface area contributed by atoms with Crippen LogP contribution in [0.2, 0.25) is 0 Å². The van der Waals surface area contributed by atoms with E-state index in [1.54, 1.807) is 0 Å². The number of carbonyl (C=O) groups is 1. The number of ether oxygens (including phenoxy) is 1. The third-order valence-electron chi connectivity index (χ3n) is 2.06. The largest absolute Gasteiger partial charge is 0.464 e. The van der Waals surface area contributed by atoms with Crippen molar-refractivity contribution in [1.82, 2.24) is 0 Å². The molecule has 10 heteroatoms. The van der Waals surface area contributed by atoms with Crippen molar-refractivity contribution in [3.63, 3.8) is 0 Å². The number of aliphatic imine (C=N–C) groups is 1. The lowest BCUT2D eigenvalue weighted by molar-refractivity contribution is -0.145. The van der Waals surface area contributed by atoms with Crippen molar-refractivity contribution >= 4 is 22.0 Å². The SMILES string of the molecule is NC(N)=NCCC[C@H](N)C(=O)OCCCS(=O)(=O)O. The molecule has 0 aliphatic rings. The number of esters is 1. The molecule has 1 atom stereocenters. The van der Waals surface area contributed by atoms with E-state index in [1.165, 1.54) is 0 Å². The van der Waals surface area contributed by atoms with Crippen LogP contribution in [0.4, 0.5) is 0 Å². The van der Waals surface area contributed by atoms with Crippen molar-refractivity contribution in [3.8, 4) is 0 Å². The molecule has 0 aromatic carbocycles. The molecule has 9 nitrogen and oxygen atoms in total. The Morgan fingerprint density at radius 2 is 1.95 bits per heavy atom. The van der Waals surface area contributed by atoms with E-state index >= 15 is 0 Å². The van der Waals surface area contributed by atoms with Gasteiger partial charge in [0, 0.05) is 6.54 Å². The van der Waals surface area contributed by atoms with Crippen LogP contribution in [0.1, 0.15) is 19.3 Å². The highest BCUT2D eigenvalue weighted by molar-refractivity contribution is 7.85. The first kappa shape index (κ1) is 17.6. The number of rotatable bonds is 9. The summed E-state index contributed by atoms with van der Waals surface area (Å²) in [6.07, 6.45) is 0.901. The molecule has 0 rings (SSSR count). The van der Waals surface area contributed by atoms with Crippen molar-refractivity contribution in [2.75, 3.05) is 18.9 Å².